The van der Waals surface area contributed by atoms with Crippen molar-refractivity contribution < 1.29 is 0 Å². The molecule has 13 rings (SSSR count). The average molecular weight is 717 g/mol. The Morgan fingerprint density at radius 3 is 2.00 bits per heavy atom. The lowest BCUT2D eigenvalue weighted by molar-refractivity contribution is 1.09. The van der Waals surface area contributed by atoms with Crippen LogP contribution < -0.4 is 0 Å². The lowest BCUT2D eigenvalue weighted by Crippen LogP contribution is -2.03. The van der Waals surface area contributed by atoms with E-state index < -0.39 is 0 Å². The molecular formula is C50H28N4S. The van der Waals surface area contributed by atoms with E-state index in [2.05, 4.69) is 179 Å². The van der Waals surface area contributed by atoms with Crippen molar-refractivity contribution in [3.63, 3.8) is 0 Å². The number of hydrogen-bond acceptors (Lipinski definition) is 3. The Morgan fingerprint density at radius 2 is 1.13 bits per heavy atom. The van der Waals surface area contributed by atoms with Gasteiger partial charge in [-0.05, 0) is 58.3 Å². The van der Waals surface area contributed by atoms with E-state index in [0.717, 1.165) is 43.8 Å². The lowest BCUT2D eigenvalue weighted by atomic mass is 9.91. The predicted octanol–water partition coefficient (Wildman–Crippen LogP) is 13.5. The molecule has 4 aromatic heterocycles. The molecule has 0 saturated carbocycles. The number of benzene rings is 8. The summed E-state index contributed by atoms with van der Waals surface area (Å²) in [6.45, 7) is 0. The molecule has 0 spiro atoms. The molecule has 0 bridgehead atoms. The van der Waals surface area contributed by atoms with Gasteiger partial charge in [0.25, 0.3) is 0 Å². The van der Waals surface area contributed by atoms with E-state index >= 15 is 0 Å². The second kappa shape index (κ2) is 10.8. The van der Waals surface area contributed by atoms with Crippen molar-refractivity contribution in [3.05, 3.63) is 170 Å². The summed E-state index contributed by atoms with van der Waals surface area (Å²) in [5, 5.41) is 8.37. The molecule has 0 fully saturated rings. The minimum absolute atomic E-state index is 0.834. The zero-order chi connectivity index (χ0) is 35.8. The first-order chi connectivity index (χ1) is 27.3. The summed E-state index contributed by atoms with van der Waals surface area (Å²) >= 11 is 1.71. The Bertz CT molecular complexity index is 3620. The van der Waals surface area contributed by atoms with Crippen LogP contribution in [0.4, 0.5) is 0 Å². The summed E-state index contributed by atoms with van der Waals surface area (Å²) in [5.74, 6) is 0.834. The Kier molecular flexibility index (Phi) is 5.74. The van der Waals surface area contributed by atoms with Gasteiger partial charge in [0.1, 0.15) is 16.0 Å². The molecule has 0 aliphatic carbocycles. The smallest absolute Gasteiger partial charge is 0.166 e. The van der Waals surface area contributed by atoms with Gasteiger partial charge in [-0.1, -0.05) is 133 Å². The van der Waals surface area contributed by atoms with E-state index in [9.17, 15) is 0 Å². The first kappa shape index (κ1) is 29.4. The zero-order valence-corrected chi connectivity index (χ0v) is 30.2. The van der Waals surface area contributed by atoms with Crippen molar-refractivity contribution in [2.24, 2.45) is 0 Å². The molecule has 254 valence electrons. The second-order valence-electron chi connectivity index (χ2n) is 14.5. The van der Waals surface area contributed by atoms with E-state index in [-0.39, 0.29) is 0 Å². The van der Waals surface area contributed by atoms with Gasteiger partial charge in [0, 0.05) is 48.3 Å². The minimum atomic E-state index is 0.834. The van der Waals surface area contributed by atoms with Gasteiger partial charge in [-0.2, -0.15) is 0 Å². The Morgan fingerprint density at radius 1 is 0.455 bits per heavy atom. The van der Waals surface area contributed by atoms with Crippen molar-refractivity contribution in [1.82, 2.24) is 19.1 Å². The number of hydrogen-bond donors (Lipinski definition) is 0. The van der Waals surface area contributed by atoms with E-state index in [1.165, 1.54) is 76.0 Å². The van der Waals surface area contributed by atoms with Crippen LogP contribution in [0.5, 0.6) is 0 Å². The largest absolute Gasteiger partial charge is 0.308 e. The van der Waals surface area contributed by atoms with Crippen LogP contribution in [0, 0.1) is 0 Å². The second-order valence-corrected chi connectivity index (χ2v) is 15.6. The fraction of sp³-hybridized carbons (Fsp3) is 0. The highest BCUT2D eigenvalue weighted by Gasteiger charge is 2.30. The van der Waals surface area contributed by atoms with Gasteiger partial charge in [-0.3, -0.25) is 4.57 Å². The third-order valence-electron chi connectivity index (χ3n) is 11.7. The molecule has 0 unspecified atom stereocenters. The number of para-hydroxylation sites is 3. The van der Waals surface area contributed by atoms with Crippen LogP contribution >= 0.6 is 11.3 Å². The van der Waals surface area contributed by atoms with E-state index in [1.807, 2.05) is 0 Å². The van der Waals surface area contributed by atoms with Crippen molar-refractivity contribution in [1.29, 1.82) is 0 Å². The number of aromatic nitrogens is 4. The first-order valence-corrected chi connectivity index (χ1v) is 19.5. The predicted molar refractivity (Wildman–Crippen MR) is 231 cm³/mol. The van der Waals surface area contributed by atoms with Crippen molar-refractivity contribution in [2.75, 3.05) is 0 Å². The topological polar surface area (TPSA) is 35.6 Å². The number of rotatable bonds is 2. The summed E-state index contributed by atoms with van der Waals surface area (Å²) in [7, 11) is 0. The summed E-state index contributed by atoms with van der Waals surface area (Å²) in [4.78, 5) is 12.2. The standard InChI is InChI=1S/C50H28N4S/c1-2-14-30-27-31(26-25-29(30)13-1)46-49(52-50-47(51-46)37-20-8-12-24-43(37)55-50)54-41-23-11-7-19-36(41)44-42(54)28-38-34-17-6-10-22-40(34)53-39-21-9-5-16-33(39)32-15-3-4-18-35(32)45(44)48(38)53/h1-28H. The Hall–Kier alpha value is -7.08. The van der Waals surface area contributed by atoms with Crippen molar-refractivity contribution in [2.45, 2.75) is 0 Å². The van der Waals surface area contributed by atoms with Gasteiger partial charge in [0.05, 0.1) is 27.8 Å². The maximum absolute atomic E-state index is 5.64. The fourth-order valence-electron chi connectivity index (χ4n) is 9.34. The van der Waals surface area contributed by atoms with E-state index in [1.54, 1.807) is 11.3 Å². The van der Waals surface area contributed by atoms with Crippen LogP contribution in [0.25, 0.3) is 120 Å². The quantitative estimate of drug-likeness (QED) is 0.179. The first-order valence-electron chi connectivity index (χ1n) is 18.7. The molecule has 0 atom stereocenters. The van der Waals surface area contributed by atoms with Crippen LogP contribution in [0.2, 0.25) is 0 Å². The molecule has 0 N–H and O–H groups in total. The zero-order valence-electron chi connectivity index (χ0n) is 29.4. The molecule has 4 nitrogen and oxygen atoms in total. The lowest BCUT2D eigenvalue weighted by Gasteiger charge is -2.14. The van der Waals surface area contributed by atoms with Crippen LogP contribution in [-0.2, 0) is 0 Å². The molecular weight excluding hydrogens is 689 g/mol. The van der Waals surface area contributed by atoms with Crippen LogP contribution in [-0.4, -0.2) is 19.1 Å². The molecule has 0 saturated heterocycles. The summed E-state index contributed by atoms with van der Waals surface area (Å²) in [5.41, 5.74) is 13.6. The van der Waals surface area contributed by atoms with Crippen molar-refractivity contribution in [3.8, 4) is 45.0 Å². The molecule has 5 heterocycles. The summed E-state index contributed by atoms with van der Waals surface area (Å²) < 4.78 is 6.09. The molecule has 0 radical (unpaired) electrons. The number of fused-ring (bicyclic) bond motifs is 16. The highest BCUT2D eigenvalue weighted by atomic mass is 32.1. The number of nitrogens with zero attached hydrogens (tertiary/aromatic N) is 4. The van der Waals surface area contributed by atoms with Gasteiger partial charge in [0.15, 0.2) is 5.82 Å². The normalized spacial score (nSPS) is 12.4. The monoisotopic (exact) mass is 716 g/mol. The highest BCUT2D eigenvalue weighted by molar-refractivity contribution is 7.25. The van der Waals surface area contributed by atoms with Crippen LogP contribution in [0.1, 0.15) is 0 Å². The average Bonchev–Trinajstić information content (AvgIpc) is 3.86. The molecule has 8 aromatic carbocycles. The highest BCUT2D eigenvalue weighted by Crippen LogP contribution is 2.52. The van der Waals surface area contributed by atoms with Gasteiger partial charge in [0.2, 0.25) is 0 Å². The Labute approximate surface area is 318 Å². The van der Waals surface area contributed by atoms with E-state index in [4.69, 9.17) is 9.97 Å². The van der Waals surface area contributed by atoms with Gasteiger partial charge in [-0.15, -0.1) is 11.3 Å². The van der Waals surface area contributed by atoms with Gasteiger partial charge in [-0.25, -0.2) is 9.97 Å². The molecule has 1 aliphatic rings. The molecule has 1 aliphatic heterocycles. The fourth-order valence-corrected chi connectivity index (χ4v) is 10.4. The van der Waals surface area contributed by atoms with Gasteiger partial charge >= 0.3 is 0 Å². The van der Waals surface area contributed by atoms with Crippen LogP contribution in [0.15, 0.2) is 170 Å². The minimum Gasteiger partial charge on any atom is -0.308 e. The number of thiophene rings is 1. The SMILES string of the molecule is c1ccc2c(c1)-c1ccccc1-n1c3ccccc3c3cc4c(c-2c31)c1ccccc1n4-c1nc2sc3ccccc3c2nc1-c1ccc2ccccc2c1. The maximum Gasteiger partial charge on any atom is 0.166 e. The van der Waals surface area contributed by atoms with Crippen molar-refractivity contribution >= 4 is 86.2 Å². The van der Waals surface area contributed by atoms with E-state index in [0.29, 0.717) is 0 Å². The van der Waals surface area contributed by atoms with Gasteiger partial charge < -0.3 is 4.57 Å². The molecule has 12 aromatic rings. The summed E-state index contributed by atoms with van der Waals surface area (Å²) in [6, 6.07) is 61.7. The molecule has 5 heteroatoms. The Balaban J connectivity index is 1.25. The van der Waals surface area contributed by atoms with Crippen LogP contribution in [0.3, 0.4) is 0 Å². The third-order valence-corrected chi connectivity index (χ3v) is 12.7. The third kappa shape index (κ3) is 3.89. The molecule has 55 heavy (non-hydrogen) atoms. The maximum atomic E-state index is 5.64. The molecule has 0 amide bonds. The summed E-state index contributed by atoms with van der Waals surface area (Å²) in [6.07, 6.45) is 0.